The number of nitrogens with zero attached hydrogens (tertiary/aromatic N) is 2. The van der Waals surface area contributed by atoms with Crippen molar-refractivity contribution in [3.8, 4) is 11.8 Å². The molecule has 1 aliphatic heterocycles. The van der Waals surface area contributed by atoms with E-state index in [1.807, 2.05) is 24.3 Å². The monoisotopic (exact) mass is 337 g/mol. The van der Waals surface area contributed by atoms with Gasteiger partial charge in [0.15, 0.2) is 0 Å². The maximum Gasteiger partial charge on any atom is 0.315 e. The number of nitrogens with one attached hydrogen (secondary N) is 3. The van der Waals surface area contributed by atoms with Crippen LogP contribution in [-0.4, -0.2) is 30.7 Å². The molecule has 2 aromatic rings. The molecular formula is C18H19N5O2. The molecule has 0 radical (unpaired) electrons. The average molecular weight is 337 g/mol. The molecule has 2 heterocycles. The number of carbonyl (C=O) groups is 1. The fourth-order valence-corrected chi connectivity index (χ4v) is 2.69. The van der Waals surface area contributed by atoms with E-state index in [2.05, 4.69) is 27.0 Å². The first-order valence-corrected chi connectivity index (χ1v) is 8.13. The van der Waals surface area contributed by atoms with Gasteiger partial charge in [0.05, 0.1) is 18.2 Å². The summed E-state index contributed by atoms with van der Waals surface area (Å²) in [4.78, 5) is 16.2. The molecule has 0 bridgehead atoms. The third-order valence-electron chi connectivity index (χ3n) is 3.90. The second kappa shape index (κ2) is 8.02. The van der Waals surface area contributed by atoms with E-state index in [1.54, 1.807) is 18.3 Å². The highest BCUT2D eigenvalue weighted by Gasteiger charge is 2.22. The number of rotatable bonds is 5. The molecule has 25 heavy (non-hydrogen) atoms. The van der Waals surface area contributed by atoms with Crippen molar-refractivity contribution in [2.45, 2.75) is 12.5 Å². The first kappa shape index (κ1) is 16.6. The first-order chi connectivity index (χ1) is 12.3. The van der Waals surface area contributed by atoms with E-state index >= 15 is 0 Å². The van der Waals surface area contributed by atoms with Crippen LogP contribution < -0.4 is 20.7 Å². The average Bonchev–Trinajstić information content (AvgIpc) is 2.66. The molecule has 0 saturated heterocycles. The molecule has 0 unspecified atom stereocenters. The Morgan fingerprint density at radius 1 is 1.28 bits per heavy atom. The lowest BCUT2D eigenvalue weighted by Crippen LogP contribution is -2.41. The number of anilines is 1. The van der Waals surface area contributed by atoms with E-state index in [0.29, 0.717) is 31.1 Å². The summed E-state index contributed by atoms with van der Waals surface area (Å²) in [7, 11) is 0. The van der Waals surface area contributed by atoms with E-state index in [0.717, 1.165) is 17.7 Å². The van der Waals surface area contributed by atoms with E-state index in [4.69, 9.17) is 10.00 Å². The maximum absolute atomic E-state index is 12.1. The molecule has 0 saturated carbocycles. The van der Waals surface area contributed by atoms with Gasteiger partial charge in [-0.3, -0.25) is 0 Å². The van der Waals surface area contributed by atoms with Gasteiger partial charge in [0.2, 0.25) is 0 Å². The number of hydrogen-bond donors (Lipinski definition) is 3. The number of urea groups is 1. The fourth-order valence-electron chi connectivity index (χ4n) is 2.69. The molecule has 128 valence electrons. The van der Waals surface area contributed by atoms with E-state index in [1.165, 1.54) is 0 Å². The van der Waals surface area contributed by atoms with Gasteiger partial charge >= 0.3 is 6.03 Å². The third-order valence-corrected chi connectivity index (χ3v) is 3.90. The second-order valence-electron chi connectivity index (χ2n) is 5.57. The van der Waals surface area contributed by atoms with Crippen molar-refractivity contribution < 1.29 is 9.53 Å². The Morgan fingerprint density at radius 2 is 2.16 bits per heavy atom. The summed E-state index contributed by atoms with van der Waals surface area (Å²) in [5.74, 6) is 1.34. The highest BCUT2D eigenvalue weighted by molar-refractivity contribution is 5.74. The van der Waals surface area contributed by atoms with Gasteiger partial charge in [0.1, 0.15) is 17.6 Å². The number of ether oxygens (including phenoxy) is 1. The minimum Gasteiger partial charge on any atom is -0.493 e. The summed E-state index contributed by atoms with van der Waals surface area (Å²) in [6.45, 7) is 1.47. The van der Waals surface area contributed by atoms with Crippen molar-refractivity contribution in [3.05, 3.63) is 53.7 Å². The van der Waals surface area contributed by atoms with Gasteiger partial charge in [-0.2, -0.15) is 5.26 Å². The van der Waals surface area contributed by atoms with Crippen molar-refractivity contribution in [2.24, 2.45) is 0 Å². The van der Waals surface area contributed by atoms with Crippen LogP contribution in [0.2, 0.25) is 0 Å². The Kier molecular flexibility index (Phi) is 5.32. The van der Waals surface area contributed by atoms with Gasteiger partial charge in [-0.1, -0.05) is 18.2 Å². The predicted molar refractivity (Wildman–Crippen MR) is 93.3 cm³/mol. The van der Waals surface area contributed by atoms with Crippen LogP contribution in [0.3, 0.4) is 0 Å². The maximum atomic E-state index is 12.1. The Labute approximate surface area is 146 Å². The molecule has 3 N–H and O–H groups in total. The summed E-state index contributed by atoms with van der Waals surface area (Å²) in [6, 6.07) is 12.9. The Bertz CT molecular complexity index is 787. The molecule has 0 spiro atoms. The Balaban J connectivity index is 1.46. The number of hydrogen-bond acceptors (Lipinski definition) is 5. The molecule has 0 aliphatic carbocycles. The van der Waals surface area contributed by atoms with Crippen LogP contribution in [0, 0.1) is 11.3 Å². The minimum absolute atomic E-state index is 0.0566. The van der Waals surface area contributed by atoms with Crippen LogP contribution in [0.4, 0.5) is 10.6 Å². The van der Waals surface area contributed by atoms with Crippen molar-refractivity contribution in [3.63, 3.8) is 0 Å². The Hall–Kier alpha value is -3.27. The van der Waals surface area contributed by atoms with Gasteiger partial charge < -0.3 is 20.7 Å². The van der Waals surface area contributed by atoms with E-state index < -0.39 is 0 Å². The van der Waals surface area contributed by atoms with Gasteiger partial charge in [-0.15, -0.1) is 0 Å². The number of fused-ring (bicyclic) bond motifs is 1. The van der Waals surface area contributed by atoms with E-state index in [-0.39, 0.29) is 12.1 Å². The molecule has 1 aromatic heterocycles. The largest absolute Gasteiger partial charge is 0.493 e. The van der Waals surface area contributed by atoms with Crippen molar-refractivity contribution in [1.29, 1.82) is 5.26 Å². The Morgan fingerprint density at radius 3 is 3.04 bits per heavy atom. The number of pyridine rings is 1. The van der Waals surface area contributed by atoms with Gasteiger partial charge in [0, 0.05) is 31.3 Å². The zero-order valence-electron chi connectivity index (χ0n) is 13.7. The zero-order chi connectivity index (χ0) is 17.5. The molecule has 1 aromatic carbocycles. The lowest BCUT2D eigenvalue weighted by molar-refractivity contribution is 0.223. The molecule has 1 atom stereocenters. The molecule has 2 amide bonds. The summed E-state index contributed by atoms with van der Waals surface area (Å²) in [5.41, 5.74) is 1.47. The smallest absolute Gasteiger partial charge is 0.315 e. The SMILES string of the molecule is N#Cc1cccnc1NCCNC(=O)N[C@H]1CCOc2ccccc21. The highest BCUT2D eigenvalue weighted by Crippen LogP contribution is 2.31. The number of para-hydroxylation sites is 1. The minimum atomic E-state index is -0.231. The molecule has 1 aliphatic rings. The van der Waals surface area contributed by atoms with Crippen molar-refractivity contribution >= 4 is 11.8 Å². The van der Waals surface area contributed by atoms with Gasteiger partial charge in [-0.25, -0.2) is 9.78 Å². The molecule has 7 heteroatoms. The van der Waals surface area contributed by atoms with Crippen LogP contribution in [0.25, 0.3) is 0 Å². The van der Waals surface area contributed by atoms with Crippen LogP contribution in [-0.2, 0) is 0 Å². The lowest BCUT2D eigenvalue weighted by atomic mass is 10.0. The van der Waals surface area contributed by atoms with Crippen LogP contribution >= 0.6 is 0 Å². The third kappa shape index (κ3) is 4.18. The number of nitriles is 1. The number of aromatic nitrogens is 1. The molecule has 0 fully saturated rings. The molecular weight excluding hydrogens is 318 g/mol. The number of carbonyl (C=O) groups excluding carboxylic acids is 1. The molecule has 7 nitrogen and oxygen atoms in total. The van der Waals surface area contributed by atoms with Gasteiger partial charge in [-0.05, 0) is 18.2 Å². The fraction of sp³-hybridized carbons (Fsp3) is 0.278. The normalized spacial score (nSPS) is 15.2. The van der Waals surface area contributed by atoms with Crippen LogP contribution in [0.5, 0.6) is 5.75 Å². The number of benzene rings is 1. The number of amides is 2. The second-order valence-corrected chi connectivity index (χ2v) is 5.57. The van der Waals surface area contributed by atoms with E-state index in [9.17, 15) is 4.79 Å². The predicted octanol–water partition coefficient (Wildman–Crippen LogP) is 2.19. The standard InChI is InChI=1S/C18H19N5O2/c19-12-13-4-3-8-20-17(13)21-9-10-22-18(24)23-15-7-11-25-16-6-2-1-5-14(15)16/h1-6,8,15H,7,9-11H2,(H,20,21)(H2,22,23,24)/t15-/m0/s1. The van der Waals surface area contributed by atoms with Crippen molar-refractivity contribution in [2.75, 3.05) is 25.0 Å². The molecule has 3 rings (SSSR count). The topological polar surface area (TPSA) is 99.1 Å². The van der Waals surface area contributed by atoms with Crippen molar-refractivity contribution in [1.82, 2.24) is 15.6 Å². The highest BCUT2D eigenvalue weighted by atomic mass is 16.5. The lowest BCUT2D eigenvalue weighted by Gasteiger charge is -2.26. The first-order valence-electron chi connectivity index (χ1n) is 8.13. The van der Waals surface area contributed by atoms with Crippen LogP contribution in [0.15, 0.2) is 42.6 Å². The quantitative estimate of drug-likeness (QED) is 0.726. The summed E-state index contributed by atoms with van der Waals surface area (Å²) in [5, 5.41) is 17.8. The summed E-state index contributed by atoms with van der Waals surface area (Å²) < 4.78 is 5.59. The van der Waals surface area contributed by atoms with Gasteiger partial charge in [0.25, 0.3) is 0 Å². The summed E-state index contributed by atoms with van der Waals surface area (Å²) >= 11 is 0. The van der Waals surface area contributed by atoms with Crippen LogP contribution in [0.1, 0.15) is 23.6 Å². The summed E-state index contributed by atoms with van der Waals surface area (Å²) in [6.07, 6.45) is 2.36. The zero-order valence-corrected chi connectivity index (χ0v) is 13.7.